The van der Waals surface area contributed by atoms with Gasteiger partial charge in [-0.3, -0.25) is 9.43 Å². The van der Waals surface area contributed by atoms with Gasteiger partial charge >= 0.3 is 0 Å². The Kier molecular flexibility index (Phi) is 1.51. The quantitative estimate of drug-likeness (QED) is 0.532. The Morgan fingerprint density at radius 2 is 2.18 bits per heavy atom. The van der Waals surface area contributed by atoms with Gasteiger partial charge in [-0.25, -0.2) is 0 Å². The smallest absolute Gasteiger partial charge is 0.167 e. The van der Waals surface area contributed by atoms with Gasteiger partial charge in [0.1, 0.15) is 0 Å². The summed E-state index contributed by atoms with van der Waals surface area (Å²) in [5.74, 6) is 0.230. The second-order valence-electron chi connectivity index (χ2n) is 2.39. The van der Waals surface area contributed by atoms with Crippen LogP contribution in [0.25, 0.3) is 0 Å². The Bertz CT molecular complexity index is 333. The number of hydrogen-bond acceptors (Lipinski definition) is 2. The van der Waals surface area contributed by atoms with Gasteiger partial charge in [0.25, 0.3) is 0 Å². The van der Waals surface area contributed by atoms with Crippen molar-refractivity contribution in [3.05, 3.63) is 29.8 Å². The first-order valence-corrected chi connectivity index (χ1v) is 4.59. The fraction of sp³-hybridized carbons (Fsp3) is 0.125. The van der Waals surface area contributed by atoms with Gasteiger partial charge in [0.05, 0.1) is 5.69 Å². The summed E-state index contributed by atoms with van der Waals surface area (Å²) in [5, 5.41) is 0. The van der Waals surface area contributed by atoms with Crippen LogP contribution >= 0.6 is 0 Å². The number of ketones is 1. The minimum Gasteiger partial charge on any atom is -0.300 e. The summed E-state index contributed by atoms with van der Waals surface area (Å²) < 4.78 is 4.25. The molecular formula is C8H6NOSi. The molecule has 11 heavy (non-hydrogen) atoms. The lowest BCUT2D eigenvalue weighted by atomic mass is 10.1. The normalized spacial score (nSPS) is 14.7. The van der Waals surface area contributed by atoms with Gasteiger partial charge in [-0.05, 0) is 12.1 Å². The van der Waals surface area contributed by atoms with E-state index in [1.807, 2.05) is 24.3 Å². The molecule has 1 aromatic carbocycles. The molecule has 0 atom stereocenters. The summed E-state index contributed by atoms with van der Waals surface area (Å²) in [7, 11) is 0.424. The number of Topliss-reactive ketones (excluding diaryl/α,β-unsaturated/α-hetero) is 1. The van der Waals surface area contributed by atoms with Crippen LogP contribution in [0.15, 0.2) is 28.9 Å². The van der Waals surface area contributed by atoms with Crippen LogP contribution < -0.4 is 0 Å². The molecule has 0 aromatic heterocycles. The van der Waals surface area contributed by atoms with Crippen LogP contribution in [-0.4, -0.2) is 15.1 Å². The molecule has 0 bridgehead atoms. The second kappa shape index (κ2) is 2.51. The fourth-order valence-corrected chi connectivity index (χ4v) is 1.88. The van der Waals surface area contributed by atoms with Crippen molar-refractivity contribution in [2.75, 3.05) is 0 Å². The van der Waals surface area contributed by atoms with E-state index in [4.69, 9.17) is 0 Å². The fourth-order valence-electron chi connectivity index (χ4n) is 1.10. The molecule has 0 saturated carbocycles. The summed E-state index contributed by atoms with van der Waals surface area (Å²) in [5.41, 5.74) is 1.65. The molecule has 1 aliphatic rings. The zero-order valence-electron chi connectivity index (χ0n) is 5.87. The SMILES string of the molecule is O=C1C[Si]=Nc2ccccc21. The van der Waals surface area contributed by atoms with Gasteiger partial charge in [-0.1, -0.05) is 12.1 Å². The third-order valence-corrected chi connectivity index (χ3v) is 2.52. The first-order chi connectivity index (χ1) is 5.38. The molecule has 0 unspecified atom stereocenters. The lowest BCUT2D eigenvalue weighted by molar-refractivity contribution is 0.101. The highest BCUT2D eigenvalue weighted by atomic mass is 28.2. The van der Waals surface area contributed by atoms with Gasteiger partial charge in [0.2, 0.25) is 0 Å². The molecule has 1 heterocycles. The molecule has 1 aliphatic heterocycles. The summed E-state index contributed by atoms with van der Waals surface area (Å²) >= 11 is 0. The predicted molar refractivity (Wildman–Crippen MR) is 43.4 cm³/mol. The van der Waals surface area contributed by atoms with Crippen molar-refractivity contribution >= 4 is 20.8 Å². The van der Waals surface area contributed by atoms with Gasteiger partial charge in [-0.2, -0.15) is 0 Å². The third-order valence-electron chi connectivity index (χ3n) is 1.64. The maximum absolute atomic E-state index is 11.2. The van der Waals surface area contributed by atoms with Crippen LogP contribution in [0.5, 0.6) is 0 Å². The van der Waals surface area contributed by atoms with Crippen LogP contribution in [0.1, 0.15) is 10.4 Å². The number of carbonyl (C=O) groups excluding carboxylic acids is 1. The summed E-state index contributed by atoms with van der Waals surface area (Å²) in [6, 6.07) is 8.10. The van der Waals surface area contributed by atoms with E-state index in [0.717, 1.165) is 11.3 Å². The Morgan fingerprint density at radius 1 is 1.36 bits per heavy atom. The molecule has 0 N–H and O–H groups in total. The van der Waals surface area contributed by atoms with Gasteiger partial charge in [-0.15, -0.1) is 0 Å². The lowest BCUT2D eigenvalue weighted by Gasteiger charge is -2.06. The molecule has 3 heteroatoms. The van der Waals surface area contributed by atoms with Gasteiger partial charge in [0, 0.05) is 11.6 Å². The number of benzene rings is 1. The van der Waals surface area contributed by atoms with E-state index in [9.17, 15) is 4.79 Å². The number of fused-ring (bicyclic) bond motifs is 1. The Hall–Kier alpha value is -1.09. The highest BCUT2D eigenvalue weighted by Crippen LogP contribution is 2.22. The minimum absolute atomic E-state index is 0.230. The summed E-state index contributed by atoms with van der Waals surface area (Å²) in [6.45, 7) is 0. The molecule has 53 valence electrons. The summed E-state index contributed by atoms with van der Waals surface area (Å²) in [6.07, 6.45) is 0. The van der Waals surface area contributed by atoms with E-state index in [2.05, 4.69) is 4.63 Å². The highest BCUT2D eigenvalue weighted by Gasteiger charge is 2.12. The number of hydrogen-bond donors (Lipinski definition) is 0. The molecule has 0 amide bonds. The van der Waals surface area contributed by atoms with E-state index in [1.165, 1.54) is 0 Å². The highest BCUT2D eigenvalue weighted by molar-refractivity contribution is 6.36. The molecule has 0 spiro atoms. The van der Waals surface area contributed by atoms with Crippen molar-refractivity contribution < 1.29 is 4.79 Å². The van der Waals surface area contributed by atoms with Crippen LogP contribution in [0.4, 0.5) is 5.69 Å². The van der Waals surface area contributed by atoms with E-state index in [-0.39, 0.29) is 5.78 Å². The molecule has 2 nitrogen and oxygen atoms in total. The molecular weight excluding hydrogens is 154 g/mol. The standard InChI is InChI=1S/C8H6NOSi/c10-8-5-11-9-7-4-2-1-3-6(7)8/h1-4H,5H2. The average molecular weight is 160 g/mol. The third kappa shape index (κ3) is 1.07. The zero-order valence-corrected chi connectivity index (χ0v) is 6.87. The Balaban J connectivity index is 2.63. The monoisotopic (exact) mass is 160 g/mol. The Labute approximate surface area is 66.8 Å². The largest absolute Gasteiger partial charge is 0.300 e. The number of nitrogens with zero attached hydrogens (tertiary/aromatic N) is 1. The first-order valence-electron chi connectivity index (χ1n) is 3.44. The van der Waals surface area contributed by atoms with Crippen LogP contribution in [0, 0.1) is 0 Å². The topological polar surface area (TPSA) is 29.4 Å². The molecule has 0 saturated heterocycles. The first kappa shape index (κ1) is 6.61. The van der Waals surface area contributed by atoms with Crippen LogP contribution in [-0.2, 0) is 0 Å². The molecule has 1 aromatic rings. The molecule has 1 radical (unpaired) electrons. The van der Waals surface area contributed by atoms with Gasteiger partial charge in [0.15, 0.2) is 15.1 Å². The van der Waals surface area contributed by atoms with Crippen molar-refractivity contribution in [1.29, 1.82) is 0 Å². The lowest BCUT2D eigenvalue weighted by Crippen LogP contribution is -2.03. The molecule has 0 fully saturated rings. The molecule has 0 aliphatic carbocycles. The van der Waals surface area contributed by atoms with Crippen molar-refractivity contribution in [2.24, 2.45) is 4.63 Å². The van der Waals surface area contributed by atoms with Crippen molar-refractivity contribution in [1.82, 2.24) is 0 Å². The minimum atomic E-state index is 0.230. The zero-order chi connectivity index (χ0) is 7.68. The number of rotatable bonds is 0. The number of carbonyl (C=O) groups is 1. The van der Waals surface area contributed by atoms with Crippen molar-refractivity contribution in [3.63, 3.8) is 0 Å². The second-order valence-corrected chi connectivity index (χ2v) is 3.28. The van der Waals surface area contributed by atoms with E-state index >= 15 is 0 Å². The van der Waals surface area contributed by atoms with Gasteiger partial charge < -0.3 is 0 Å². The van der Waals surface area contributed by atoms with Crippen molar-refractivity contribution in [3.8, 4) is 0 Å². The average Bonchev–Trinajstić information content (AvgIpc) is 2.06. The maximum Gasteiger partial charge on any atom is 0.167 e. The van der Waals surface area contributed by atoms with Crippen LogP contribution in [0.3, 0.4) is 0 Å². The van der Waals surface area contributed by atoms with E-state index in [1.54, 1.807) is 0 Å². The van der Waals surface area contributed by atoms with E-state index in [0.29, 0.717) is 15.4 Å². The van der Waals surface area contributed by atoms with Crippen molar-refractivity contribution in [2.45, 2.75) is 6.04 Å². The maximum atomic E-state index is 11.2. The Morgan fingerprint density at radius 3 is 3.00 bits per heavy atom. The van der Waals surface area contributed by atoms with Crippen LogP contribution in [0.2, 0.25) is 6.04 Å². The van der Waals surface area contributed by atoms with E-state index < -0.39 is 0 Å². The predicted octanol–water partition coefficient (Wildman–Crippen LogP) is 1.82. The molecule has 2 rings (SSSR count). The summed E-state index contributed by atoms with van der Waals surface area (Å²) in [4.78, 5) is 11.2.